The van der Waals surface area contributed by atoms with Crippen LogP contribution in [0.25, 0.3) is 10.9 Å². The predicted octanol–water partition coefficient (Wildman–Crippen LogP) is 3.53. The molecule has 218 valence electrons. The van der Waals surface area contributed by atoms with Gasteiger partial charge >= 0.3 is 0 Å². The number of anilines is 1. The van der Waals surface area contributed by atoms with Crippen molar-refractivity contribution in [2.45, 2.75) is 65.1 Å². The molecular weight excluding hydrogens is 508 g/mol. The van der Waals surface area contributed by atoms with Crippen LogP contribution < -0.4 is 20.5 Å². The molecule has 2 heterocycles. The second kappa shape index (κ2) is 12.9. The lowest BCUT2D eigenvalue weighted by molar-refractivity contribution is 0.0950. The first-order valence-electron chi connectivity index (χ1n) is 14.2. The van der Waals surface area contributed by atoms with Gasteiger partial charge in [0.05, 0.1) is 43.2 Å². The first kappa shape index (κ1) is 29.6. The summed E-state index contributed by atoms with van der Waals surface area (Å²) in [5.74, 6) is 0.227. The van der Waals surface area contributed by atoms with E-state index in [2.05, 4.69) is 39.2 Å². The molecular formula is C30H44N6O4. The molecule has 0 bridgehead atoms. The Bertz CT molecular complexity index is 1390. The van der Waals surface area contributed by atoms with Crippen molar-refractivity contribution < 1.29 is 14.3 Å². The number of nitrogens with one attached hydrogen (secondary N) is 2. The first-order valence-corrected chi connectivity index (χ1v) is 14.2. The fourth-order valence-electron chi connectivity index (χ4n) is 6.11. The third-order valence-corrected chi connectivity index (χ3v) is 8.41. The fraction of sp³-hybridized carbons (Fsp3) is 0.567. The number of amides is 1. The Morgan fingerprint density at radius 1 is 1.18 bits per heavy atom. The van der Waals surface area contributed by atoms with Crippen LogP contribution in [0.3, 0.4) is 0 Å². The van der Waals surface area contributed by atoms with Crippen LogP contribution in [-0.4, -0.2) is 78.6 Å². The van der Waals surface area contributed by atoms with Crippen LogP contribution in [0.15, 0.2) is 23.1 Å². The number of hydrogen-bond donors (Lipinski definition) is 2. The number of fused-ring (bicyclic) bond motifs is 1. The van der Waals surface area contributed by atoms with Gasteiger partial charge in [0.25, 0.3) is 11.5 Å². The van der Waals surface area contributed by atoms with Gasteiger partial charge in [-0.3, -0.25) is 14.3 Å². The quantitative estimate of drug-likeness (QED) is 0.375. The number of likely N-dealkylation sites (N-methyl/N-ethyl adjacent to an activating group) is 1. The summed E-state index contributed by atoms with van der Waals surface area (Å²) in [5.41, 5.74) is 4.31. The smallest absolute Gasteiger partial charge is 0.256 e. The zero-order chi connectivity index (χ0) is 29.0. The average Bonchev–Trinajstić information content (AvgIpc) is 3.31. The summed E-state index contributed by atoms with van der Waals surface area (Å²) in [6.45, 7) is 8.58. The van der Waals surface area contributed by atoms with Crippen molar-refractivity contribution in [2.24, 2.45) is 7.05 Å². The molecule has 2 N–H and O–H groups in total. The van der Waals surface area contributed by atoms with Gasteiger partial charge in [0.2, 0.25) is 0 Å². The number of ether oxygens (including phenoxy) is 2. The summed E-state index contributed by atoms with van der Waals surface area (Å²) in [6.07, 6.45) is 6.34. The molecule has 1 aliphatic carbocycles. The Morgan fingerprint density at radius 3 is 2.52 bits per heavy atom. The molecule has 1 fully saturated rings. The van der Waals surface area contributed by atoms with Crippen molar-refractivity contribution in [1.29, 1.82) is 0 Å². The molecule has 1 saturated carbocycles. The zero-order valence-corrected chi connectivity index (χ0v) is 25.0. The van der Waals surface area contributed by atoms with E-state index in [9.17, 15) is 9.59 Å². The Labute approximate surface area is 236 Å². The largest absolute Gasteiger partial charge is 0.496 e. The fourth-order valence-corrected chi connectivity index (χ4v) is 6.11. The lowest BCUT2D eigenvalue weighted by Crippen LogP contribution is -2.44. The van der Waals surface area contributed by atoms with Crippen LogP contribution in [0.2, 0.25) is 0 Å². The van der Waals surface area contributed by atoms with E-state index >= 15 is 0 Å². The molecule has 0 saturated heterocycles. The molecule has 10 heteroatoms. The maximum atomic E-state index is 13.6. The third kappa shape index (κ3) is 6.02. The number of aromatic amines is 1. The molecule has 3 aromatic rings. The Kier molecular flexibility index (Phi) is 9.52. The summed E-state index contributed by atoms with van der Waals surface area (Å²) in [4.78, 5) is 33.9. The Morgan fingerprint density at radius 2 is 1.88 bits per heavy atom. The van der Waals surface area contributed by atoms with Crippen molar-refractivity contribution in [3.63, 3.8) is 0 Å². The summed E-state index contributed by atoms with van der Waals surface area (Å²) < 4.78 is 12.5. The van der Waals surface area contributed by atoms with E-state index in [1.807, 2.05) is 30.9 Å². The number of H-pyrrole nitrogens is 1. The minimum Gasteiger partial charge on any atom is -0.496 e. The maximum absolute atomic E-state index is 13.6. The van der Waals surface area contributed by atoms with Gasteiger partial charge in [-0.25, -0.2) is 0 Å². The summed E-state index contributed by atoms with van der Waals surface area (Å²) in [5, 5.41) is 8.55. The third-order valence-electron chi connectivity index (χ3n) is 8.41. The van der Waals surface area contributed by atoms with E-state index in [1.165, 1.54) is 7.11 Å². The van der Waals surface area contributed by atoms with E-state index in [4.69, 9.17) is 9.47 Å². The lowest BCUT2D eigenvalue weighted by atomic mass is 9.88. The second-order valence-electron chi connectivity index (χ2n) is 10.8. The monoisotopic (exact) mass is 552 g/mol. The molecule has 0 unspecified atom stereocenters. The van der Waals surface area contributed by atoms with Crippen LogP contribution in [0.5, 0.6) is 5.75 Å². The number of carbonyl (C=O) groups excluding carboxylic acids is 1. The summed E-state index contributed by atoms with van der Waals surface area (Å²) in [7, 11) is 7.36. The minimum absolute atomic E-state index is 0.0634. The van der Waals surface area contributed by atoms with Crippen LogP contribution >= 0.6 is 0 Å². The van der Waals surface area contributed by atoms with E-state index in [0.717, 1.165) is 67.5 Å². The standard InChI is InChI=1S/C30H44N6O4/c1-8-36(22-11-9-21(10-12-22)34(4)13-14-39-6)28-20(3)23(16-26-24(28)18-32-35(26)5)29(37)31-17-25-27(40-7)15-19(2)33-30(25)38/h15-16,18,21-22H,8-14,17H2,1-7H3,(H,31,37)(H,33,38). The number of nitrogens with zero attached hydrogens (tertiary/aromatic N) is 4. The Hall–Kier alpha value is -3.37. The topological polar surface area (TPSA) is 105 Å². The van der Waals surface area contributed by atoms with E-state index < -0.39 is 0 Å². The van der Waals surface area contributed by atoms with Crippen molar-refractivity contribution in [3.8, 4) is 5.75 Å². The van der Waals surface area contributed by atoms with Gasteiger partial charge in [0.15, 0.2) is 0 Å². The highest BCUT2D eigenvalue weighted by Gasteiger charge is 2.30. The number of methoxy groups -OCH3 is 2. The normalized spacial score (nSPS) is 17.4. The van der Waals surface area contributed by atoms with Crippen molar-refractivity contribution in [3.05, 3.63) is 51.1 Å². The molecule has 0 aliphatic heterocycles. The van der Waals surface area contributed by atoms with Gasteiger partial charge in [-0.15, -0.1) is 0 Å². The molecule has 0 atom stereocenters. The van der Waals surface area contributed by atoms with Gasteiger partial charge in [0.1, 0.15) is 5.75 Å². The average molecular weight is 553 g/mol. The highest BCUT2D eigenvalue weighted by molar-refractivity contribution is 6.05. The molecule has 1 aliphatic rings. The van der Waals surface area contributed by atoms with E-state index in [1.54, 1.807) is 20.1 Å². The number of hydrogen-bond acceptors (Lipinski definition) is 7. The zero-order valence-electron chi connectivity index (χ0n) is 25.0. The number of carbonyl (C=O) groups is 1. The van der Waals surface area contributed by atoms with E-state index in [-0.39, 0.29) is 18.0 Å². The molecule has 0 spiro atoms. The first-order chi connectivity index (χ1) is 19.2. The van der Waals surface area contributed by atoms with Gasteiger partial charge in [0, 0.05) is 56.0 Å². The number of benzene rings is 1. The maximum Gasteiger partial charge on any atom is 0.256 e. The van der Waals surface area contributed by atoms with Gasteiger partial charge in [-0.1, -0.05) is 0 Å². The van der Waals surface area contributed by atoms with Crippen LogP contribution in [0, 0.1) is 13.8 Å². The molecule has 10 nitrogen and oxygen atoms in total. The molecule has 2 aromatic heterocycles. The van der Waals surface area contributed by atoms with Gasteiger partial charge < -0.3 is 29.6 Å². The number of pyridine rings is 1. The van der Waals surface area contributed by atoms with Crippen molar-refractivity contribution in [2.75, 3.05) is 45.9 Å². The number of rotatable bonds is 11. The van der Waals surface area contributed by atoms with Gasteiger partial charge in [-0.05, 0) is 71.2 Å². The minimum atomic E-state index is -0.266. The molecule has 0 radical (unpaired) electrons. The second-order valence-corrected chi connectivity index (χ2v) is 10.8. The van der Waals surface area contributed by atoms with Crippen LogP contribution in [0.1, 0.15) is 59.8 Å². The van der Waals surface area contributed by atoms with Crippen LogP contribution in [0.4, 0.5) is 5.69 Å². The highest BCUT2D eigenvalue weighted by atomic mass is 16.5. The predicted molar refractivity (Wildman–Crippen MR) is 159 cm³/mol. The molecule has 1 amide bonds. The molecule has 40 heavy (non-hydrogen) atoms. The van der Waals surface area contributed by atoms with Crippen LogP contribution in [-0.2, 0) is 18.3 Å². The molecule has 4 rings (SSSR count). The SMILES string of the molecule is CCN(c1c(C)c(C(=O)NCc2c(OC)cc(C)[nH]c2=O)cc2c1cnn2C)C1CCC(N(C)CCOC)CC1. The Balaban J connectivity index is 1.62. The van der Waals surface area contributed by atoms with Crippen molar-refractivity contribution >= 4 is 22.5 Å². The highest BCUT2D eigenvalue weighted by Crippen LogP contribution is 2.37. The van der Waals surface area contributed by atoms with Crippen molar-refractivity contribution in [1.82, 2.24) is 25.0 Å². The number of aryl methyl sites for hydroxylation is 2. The number of aromatic nitrogens is 3. The van der Waals surface area contributed by atoms with Gasteiger partial charge in [-0.2, -0.15) is 5.10 Å². The summed E-state index contributed by atoms with van der Waals surface area (Å²) in [6, 6.07) is 4.61. The van der Waals surface area contributed by atoms with E-state index in [0.29, 0.717) is 34.7 Å². The summed E-state index contributed by atoms with van der Waals surface area (Å²) >= 11 is 0. The lowest BCUT2D eigenvalue weighted by Gasteiger charge is -2.41. The molecule has 1 aromatic carbocycles.